The van der Waals surface area contributed by atoms with Crippen LogP contribution in [0, 0.1) is 0 Å². The number of piperazine rings is 1. The molecule has 2 bridgehead atoms. The molecular weight excluding hydrogens is 140 g/mol. The molecule has 64 valence electrons. The van der Waals surface area contributed by atoms with Crippen LogP contribution in [-0.2, 0) is 0 Å². The predicted octanol–water partition coefficient (Wildman–Crippen LogP) is -0.239. The molecule has 2 N–H and O–H groups in total. The highest BCUT2D eigenvalue weighted by Gasteiger charge is 2.38. The fraction of sp³-hybridized carbons (Fsp3) is 1.00. The van der Waals surface area contributed by atoms with Crippen molar-refractivity contribution in [3.05, 3.63) is 0 Å². The first kappa shape index (κ1) is 7.53. The van der Waals surface area contributed by atoms with Crippen LogP contribution < -0.4 is 5.32 Å². The molecule has 0 spiro atoms. The van der Waals surface area contributed by atoms with Crippen molar-refractivity contribution in [3.8, 4) is 0 Å². The van der Waals surface area contributed by atoms with Crippen molar-refractivity contribution in [3.63, 3.8) is 0 Å². The normalized spacial score (nSPS) is 40.9. The third-order valence-electron chi connectivity index (χ3n) is 2.87. The van der Waals surface area contributed by atoms with Crippen LogP contribution in [0.1, 0.15) is 19.8 Å². The van der Waals surface area contributed by atoms with Gasteiger partial charge in [0.1, 0.15) is 6.23 Å². The molecule has 0 aromatic carbocycles. The summed E-state index contributed by atoms with van der Waals surface area (Å²) < 4.78 is 0. The average molecular weight is 156 g/mol. The maximum absolute atomic E-state index is 9.46. The van der Waals surface area contributed by atoms with Crippen molar-refractivity contribution in [1.82, 2.24) is 10.2 Å². The van der Waals surface area contributed by atoms with Crippen LogP contribution in [0.15, 0.2) is 0 Å². The number of aliphatic hydroxyl groups excluding tert-OH is 1. The van der Waals surface area contributed by atoms with Crippen molar-refractivity contribution in [2.45, 2.75) is 38.1 Å². The number of fused-ring (bicyclic) bond motifs is 2. The SMILES string of the molecule is CC(O)N1C2CCC1CNC2. The Kier molecular flexibility index (Phi) is 1.87. The first-order valence-electron chi connectivity index (χ1n) is 4.45. The van der Waals surface area contributed by atoms with Gasteiger partial charge in [0, 0.05) is 25.2 Å². The van der Waals surface area contributed by atoms with Crippen molar-refractivity contribution in [1.29, 1.82) is 0 Å². The van der Waals surface area contributed by atoms with Crippen molar-refractivity contribution >= 4 is 0 Å². The van der Waals surface area contributed by atoms with Gasteiger partial charge in [-0.2, -0.15) is 0 Å². The van der Waals surface area contributed by atoms with Gasteiger partial charge < -0.3 is 10.4 Å². The third kappa shape index (κ3) is 1.17. The lowest BCUT2D eigenvalue weighted by molar-refractivity contribution is -0.0277. The van der Waals surface area contributed by atoms with Crippen molar-refractivity contribution in [2.24, 2.45) is 0 Å². The lowest BCUT2D eigenvalue weighted by Crippen LogP contribution is -2.54. The van der Waals surface area contributed by atoms with Gasteiger partial charge in [0.05, 0.1) is 0 Å². The lowest BCUT2D eigenvalue weighted by Gasteiger charge is -2.37. The zero-order valence-corrected chi connectivity index (χ0v) is 6.95. The highest BCUT2D eigenvalue weighted by atomic mass is 16.3. The smallest absolute Gasteiger partial charge is 0.105 e. The fourth-order valence-corrected chi connectivity index (χ4v) is 2.42. The molecule has 2 fully saturated rings. The van der Waals surface area contributed by atoms with E-state index in [9.17, 15) is 5.11 Å². The minimum absolute atomic E-state index is 0.255. The molecule has 11 heavy (non-hydrogen) atoms. The van der Waals surface area contributed by atoms with Gasteiger partial charge in [0.15, 0.2) is 0 Å². The number of nitrogens with one attached hydrogen (secondary N) is 1. The molecule has 0 aliphatic carbocycles. The molecule has 2 heterocycles. The molecule has 2 aliphatic rings. The molecule has 0 radical (unpaired) electrons. The Labute approximate surface area is 67.4 Å². The van der Waals surface area contributed by atoms with E-state index in [4.69, 9.17) is 0 Å². The number of hydrogen-bond acceptors (Lipinski definition) is 3. The molecule has 0 saturated carbocycles. The molecule has 3 heteroatoms. The Morgan fingerprint density at radius 1 is 1.36 bits per heavy atom. The molecule has 3 nitrogen and oxygen atoms in total. The molecule has 0 amide bonds. The lowest BCUT2D eigenvalue weighted by atomic mass is 10.2. The van der Waals surface area contributed by atoms with E-state index in [-0.39, 0.29) is 6.23 Å². The molecule has 0 aromatic rings. The average Bonchev–Trinajstić information content (AvgIpc) is 2.23. The van der Waals surface area contributed by atoms with Crippen LogP contribution >= 0.6 is 0 Å². The van der Waals surface area contributed by atoms with E-state index in [1.54, 1.807) is 0 Å². The van der Waals surface area contributed by atoms with Crippen LogP contribution in [0.25, 0.3) is 0 Å². The van der Waals surface area contributed by atoms with E-state index < -0.39 is 0 Å². The highest BCUT2D eigenvalue weighted by Crippen LogP contribution is 2.27. The molecule has 2 saturated heterocycles. The minimum atomic E-state index is -0.255. The van der Waals surface area contributed by atoms with Gasteiger partial charge in [0.25, 0.3) is 0 Å². The van der Waals surface area contributed by atoms with Crippen LogP contribution in [0.4, 0.5) is 0 Å². The quantitative estimate of drug-likeness (QED) is 0.550. The Balaban J connectivity index is 2.09. The Bertz CT molecular complexity index is 133. The second-order valence-electron chi connectivity index (χ2n) is 3.62. The van der Waals surface area contributed by atoms with Gasteiger partial charge in [-0.1, -0.05) is 0 Å². The fourth-order valence-electron chi connectivity index (χ4n) is 2.42. The largest absolute Gasteiger partial charge is 0.379 e. The Hall–Kier alpha value is -0.120. The summed E-state index contributed by atoms with van der Waals surface area (Å²) in [4.78, 5) is 2.25. The maximum atomic E-state index is 9.46. The Morgan fingerprint density at radius 3 is 2.27 bits per heavy atom. The van der Waals surface area contributed by atoms with Crippen molar-refractivity contribution in [2.75, 3.05) is 13.1 Å². The number of aliphatic hydroxyl groups is 1. The zero-order chi connectivity index (χ0) is 7.84. The summed E-state index contributed by atoms with van der Waals surface area (Å²) in [6.07, 6.45) is 2.25. The van der Waals surface area contributed by atoms with Crippen LogP contribution in [0.5, 0.6) is 0 Å². The topological polar surface area (TPSA) is 35.5 Å². The standard InChI is InChI=1S/C8H16N2O/c1-6(11)10-7-2-3-8(10)5-9-4-7/h6-9,11H,2-5H2,1H3. The van der Waals surface area contributed by atoms with Crippen LogP contribution in [-0.4, -0.2) is 41.4 Å². The van der Waals surface area contributed by atoms with Crippen molar-refractivity contribution < 1.29 is 5.11 Å². The van der Waals surface area contributed by atoms with E-state index >= 15 is 0 Å². The summed E-state index contributed by atoms with van der Waals surface area (Å²) in [7, 11) is 0. The molecule has 0 aromatic heterocycles. The Morgan fingerprint density at radius 2 is 1.91 bits per heavy atom. The molecule has 2 aliphatic heterocycles. The van der Waals surface area contributed by atoms with Gasteiger partial charge >= 0.3 is 0 Å². The number of hydrogen-bond donors (Lipinski definition) is 2. The second-order valence-corrected chi connectivity index (χ2v) is 3.62. The van der Waals surface area contributed by atoms with Gasteiger partial charge in [-0.3, -0.25) is 4.90 Å². The third-order valence-corrected chi connectivity index (χ3v) is 2.87. The van der Waals surface area contributed by atoms with E-state index in [2.05, 4.69) is 10.2 Å². The molecular formula is C8H16N2O. The second kappa shape index (κ2) is 2.73. The van der Waals surface area contributed by atoms with Crippen LogP contribution in [0.3, 0.4) is 0 Å². The van der Waals surface area contributed by atoms with E-state index in [1.165, 1.54) is 12.8 Å². The first-order valence-corrected chi connectivity index (χ1v) is 4.45. The van der Waals surface area contributed by atoms with E-state index in [0.29, 0.717) is 12.1 Å². The van der Waals surface area contributed by atoms with E-state index in [1.807, 2.05) is 6.92 Å². The van der Waals surface area contributed by atoms with Gasteiger partial charge in [-0.05, 0) is 19.8 Å². The zero-order valence-electron chi connectivity index (χ0n) is 6.95. The summed E-state index contributed by atoms with van der Waals surface area (Å²) in [5, 5.41) is 12.8. The molecule has 2 rings (SSSR count). The summed E-state index contributed by atoms with van der Waals surface area (Å²) in [5.74, 6) is 0. The molecule has 3 unspecified atom stereocenters. The predicted molar refractivity (Wildman–Crippen MR) is 43.2 cm³/mol. The monoisotopic (exact) mass is 156 g/mol. The van der Waals surface area contributed by atoms with E-state index in [0.717, 1.165) is 13.1 Å². The highest BCUT2D eigenvalue weighted by molar-refractivity contribution is 4.94. The summed E-state index contributed by atoms with van der Waals surface area (Å²) >= 11 is 0. The summed E-state index contributed by atoms with van der Waals surface area (Å²) in [6, 6.07) is 1.18. The number of rotatable bonds is 1. The minimum Gasteiger partial charge on any atom is -0.379 e. The molecule has 3 atom stereocenters. The van der Waals surface area contributed by atoms with Gasteiger partial charge in [-0.15, -0.1) is 0 Å². The van der Waals surface area contributed by atoms with Crippen LogP contribution in [0.2, 0.25) is 0 Å². The van der Waals surface area contributed by atoms with Gasteiger partial charge in [0.2, 0.25) is 0 Å². The summed E-state index contributed by atoms with van der Waals surface area (Å²) in [6.45, 7) is 3.99. The van der Waals surface area contributed by atoms with Gasteiger partial charge in [-0.25, -0.2) is 0 Å². The maximum Gasteiger partial charge on any atom is 0.105 e. The first-order chi connectivity index (χ1) is 5.29. The number of nitrogens with zero attached hydrogens (tertiary/aromatic N) is 1. The summed E-state index contributed by atoms with van der Waals surface area (Å²) in [5.41, 5.74) is 0.